The molecule has 2 rings (SSSR count). The lowest BCUT2D eigenvalue weighted by atomic mass is 10.1. The number of carbonyl (C=O) groups is 3. The third-order valence-electron chi connectivity index (χ3n) is 3.37. The number of ether oxygens (including phenoxy) is 1. The number of urea groups is 1. The molecule has 0 spiro atoms. The first-order chi connectivity index (χ1) is 12.4. The number of halogens is 1. The van der Waals surface area contributed by atoms with Gasteiger partial charge >= 0.3 is 12.0 Å². The molecule has 7 nitrogen and oxygen atoms in total. The van der Waals surface area contributed by atoms with Gasteiger partial charge in [0.05, 0.1) is 5.56 Å². The molecule has 0 bridgehead atoms. The van der Waals surface area contributed by atoms with Crippen LogP contribution in [0.3, 0.4) is 0 Å². The second kappa shape index (κ2) is 8.61. The summed E-state index contributed by atoms with van der Waals surface area (Å²) in [5.41, 5.74) is 5.79. The average molecular weight is 359 g/mol. The number of rotatable bonds is 5. The van der Waals surface area contributed by atoms with Crippen molar-refractivity contribution in [3.05, 3.63) is 65.5 Å². The second-order valence-electron chi connectivity index (χ2n) is 5.28. The van der Waals surface area contributed by atoms with E-state index in [0.717, 1.165) is 18.2 Å². The fraction of sp³-hybridized carbons (Fsp3) is 0.167. The van der Waals surface area contributed by atoms with Crippen LogP contribution >= 0.6 is 0 Å². The molecule has 136 valence electrons. The quantitative estimate of drug-likeness (QED) is 0.560. The van der Waals surface area contributed by atoms with E-state index in [-0.39, 0.29) is 11.3 Å². The molecule has 2 aromatic carbocycles. The van der Waals surface area contributed by atoms with Crippen molar-refractivity contribution in [2.45, 2.75) is 13.0 Å². The summed E-state index contributed by atoms with van der Waals surface area (Å²) >= 11 is 0. The van der Waals surface area contributed by atoms with Crippen molar-refractivity contribution in [3.63, 3.8) is 0 Å². The third kappa shape index (κ3) is 4.79. The first-order valence-corrected chi connectivity index (χ1v) is 7.82. The number of esters is 1. The van der Waals surface area contributed by atoms with E-state index in [1.54, 1.807) is 37.3 Å². The number of nitrogens with two attached hydrogens (primary N) is 1. The van der Waals surface area contributed by atoms with E-state index in [9.17, 15) is 18.8 Å². The number of nitrogen functional groups attached to an aromatic ring is 1. The minimum absolute atomic E-state index is 0.0851. The van der Waals surface area contributed by atoms with Crippen molar-refractivity contribution in [1.29, 1.82) is 0 Å². The van der Waals surface area contributed by atoms with Crippen LogP contribution in [0.2, 0.25) is 0 Å². The molecule has 0 aromatic heterocycles. The second-order valence-corrected chi connectivity index (χ2v) is 5.28. The predicted octanol–water partition coefficient (Wildman–Crippen LogP) is 2.15. The summed E-state index contributed by atoms with van der Waals surface area (Å²) in [7, 11) is 0. The Hall–Kier alpha value is -3.42. The van der Waals surface area contributed by atoms with Gasteiger partial charge in [-0.25, -0.2) is 14.0 Å². The minimum atomic E-state index is -1.38. The number of anilines is 1. The molecular weight excluding hydrogens is 341 g/mol. The van der Waals surface area contributed by atoms with Crippen LogP contribution in [-0.2, 0) is 9.53 Å². The maximum absolute atomic E-state index is 13.1. The fourth-order valence-corrected chi connectivity index (χ4v) is 2.17. The van der Waals surface area contributed by atoms with E-state index in [0.29, 0.717) is 12.1 Å². The van der Waals surface area contributed by atoms with Crippen LogP contribution in [0.15, 0.2) is 48.5 Å². The van der Waals surface area contributed by atoms with Gasteiger partial charge in [-0.1, -0.05) is 30.3 Å². The summed E-state index contributed by atoms with van der Waals surface area (Å²) in [5, 5.41) is 4.51. The van der Waals surface area contributed by atoms with Crippen molar-refractivity contribution in [2.24, 2.45) is 0 Å². The topological polar surface area (TPSA) is 111 Å². The Morgan fingerprint density at radius 1 is 1.15 bits per heavy atom. The van der Waals surface area contributed by atoms with Crippen molar-refractivity contribution in [2.75, 3.05) is 12.3 Å². The summed E-state index contributed by atoms with van der Waals surface area (Å²) in [5.74, 6) is -2.34. The molecule has 0 heterocycles. The van der Waals surface area contributed by atoms with Gasteiger partial charge in [-0.05, 0) is 25.1 Å². The number of nitrogens with one attached hydrogen (secondary N) is 2. The summed E-state index contributed by atoms with van der Waals surface area (Å²) in [4.78, 5) is 36.4. The molecular formula is C18H18FN3O4. The first-order valence-electron chi connectivity index (χ1n) is 7.82. The molecule has 0 saturated carbocycles. The maximum atomic E-state index is 13.1. The highest BCUT2D eigenvalue weighted by atomic mass is 19.1. The lowest BCUT2D eigenvalue weighted by Crippen LogP contribution is -2.42. The Kier molecular flexibility index (Phi) is 6.26. The molecule has 0 saturated heterocycles. The number of benzene rings is 2. The number of imide groups is 1. The lowest BCUT2D eigenvalue weighted by molar-refractivity contribution is -0.129. The molecule has 0 aliphatic carbocycles. The van der Waals surface area contributed by atoms with Crippen molar-refractivity contribution in [3.8, 4) is 0 Å². The zero-order valence-corrected chi connectivity index (χ0v) is 14.0. The average Bonchev–Trinajstić information content (AvgIpc) is 2.60. The molecule has 0 radical (unpaired) electrons. The van der Waals surface area contributed by atoms with Gasteiger partial charge in [-0.2, -0.15) is 0 Å². The Balaban J connectivity index is 2.25. The van der Waals surface area contributed by atoms with Gasteiger partial charge in [0.25, 0.3) is 5.91 Å². The molecule has 0 aliphatic rings. The standard InChI is InChI=1S/C18H18FN3O4/c1-2-21-18(25)22-16(23)15(11-6-4-3-5-7-11)26-17(24)13-9-8-12(19)10-14(13)20/h3-10,15H,2,20H2,1H3,(H2,21,22,23,25)/t15-/m1/s1. The van der Waals surface area contributed by atoms with Crippen LogP contribution < -0.4 is 16.4 Å². The van der Waals surface area contributed by atoms with E-state index in [1.165, 1.54) is 0 Å². The fourth-order valence-electron chi connectivity index (χ4n) is 2.17. The zero-order valence-electron chi connectivity index (χ0n) is 14.0. The molecule has 0 aliphatic heterocycles. The highest BCUT2D eigenvalue weighted by molar-refractivity contribution is 6.00. The van der Waals surface area contributed by atoms with Crippen LogP contribution in [0.25, 0.3) is 0 Å². The van der Waals surface area contributed by atoms with Gasteiger partial charge in [-0.3, -0.25) is 10.1 Å². The SMILES string of the molecule is CCNC(=O)NC(=O)[C@H](OC(=O)c1ccc(F)cc1N)c1ccccc1. The highest BCUT2D eigenvalue weighted by Crippen LogP contribution is 2.22. The molecule has 4 N–H and O–H groups in total. The molecule has 1 atom stereocenters. The number of hydrogen-bond donors (Lipinski definition) is 3. The first kappa shape index (κ1) is 18.9. The summed E-state index contributed by atoms with van der Waals surface area (Å²) in [6, 6.07) is 10.7. The van der Waals surface area contributed by atoms with Gasteiger partial charge < -0.3 is 15.8 Å². The smallest absolute Gasteiger partial charge is 0.341 e. The van der Waals surface area contributed by atoms with Crippen molar-refractivity contribution >= 4 is 23.6 Å². The van der Waals surface area contributed by atoms with Crippen LogP contribution in [0.4, 0.5) is 14.9 Å². The summed E-state index contributed by atoms with van der Waals surface area (Å²) in [6.07, 6.45) is -1.38. The number of amides is 3. The molecule has 8 heteroatoms. The molecule has 26 heavy (non-hydrogen) atoms. The third-order valence-corrected chi connectivity index (χ3v) is 3.37. The Morgan fingerprint density at radius 2 is 1.85 bits per heavy atom. The van der Waals surface area contributed by atoms with Crippen LogP contribution in [0, 0.1) is 5.82 Å². The Bertz CT molecular complexity index is 811. The minimum Gasteiger partial charge on any atom is -0.444 e. The lowest BCUT2D eigenvalue weighted by Gasteiger charge is -2.18. The van der Waals surface area contributed by atoms with E-state index in [4.69, 9.17) is 10.5 Å². The van der Waals surface area contributed by atoms with Crippen molar-refractivity contribution in [1.82, 2.24) is 10.6 Å². The molecule has 0 unspecified atom stereocenters. The molecule has 2 aromatic rings. The largest absolute Gasteiger partial charge is 0.444 e. The summed E-state index contributed by atoms with van der Waals surface area (Å²) < 4.78 is 18.4. The van der Waals surface area contributed by atoms with Crippen molar-refractivity contribution < 1.29 is 23.5 Å². The Morgan fingerprint density at radius 3 is 2.46 bits per heavy atom. The van der Waals surface area contributed by atoms with Crippen LogP contribution in [-0.4, -0.2) is 24.5 Å². The molecule has 3 amide bonds. The highest BCUT2D eigenvalue weighted by Gasteiger charge is 2.27. The predicted molar refractivity (Wildman–Crippen MR) is 92.6 cm³/mol. The summed E-state index contributed by atoms with van der Waals surface area (Å²) in [6.45, 7) is 2.01. The monoisotopic (exact) mass is 359 g/mol. The molecule has 0 fully saturated rings. The van der Waals surface area contributed by atoms with E-state index in [2.05, 4.69) is 10.6 Å². The van der Waals surface area contributed by atoms with Gasteiger partial charge in [0.15, 0.2) is 0 Å². The van der Waals surface area contributed by atoms with Crippen LogP contribution in [0.5, 0.6) is 0 Å². The number of hydrogen-bond acceptors (Lipinski definition) is 5. The van der Waals surface area contributed by atoms with Gasteiger partial charge in [0, 0.05) is 17.8 Å². The zero-order chi connectivity index (χ0) is 19.1. The van der Waals surface area contributed by atoms with E-state index in [1.807, 2.05) is 0 Å². The van der Waals surface area contributed by atoms with Gasteiger partial charge in [0.2, 0.25) is 6.10 Å². The van der Waals surface area contributed by atoms with E-state index >= 15 is 0 Å². The van der Waals surface area contributed by atoms with E-state index < -0.39 is 29.8 Å². The van der Waals surface area contributed by atoms with Crippen LogP contribution in [0.1, 0.15) is 28.9 Å². The van der Waals surface area contributed by atoms with Gasteiger partial charge in [-0.15, -0.1) is 0 Å². The normalized spacial score (nSPS) is 11.3. The van der Waals surface area contributed by atoms with Gasteiger partial charge in [0.1, 0.15) is 5.82 Å². The maximum Gasteiger partial charge on any atom is 0.341 e. The number of carbonyl (C=O) groups excluding carboxylic acids is 3. The Labute approximate surface area is 149 Å².